The Hall–Kier alpha value is -2.75. The van der Waals surface area contributed by atoms with Gasteiger partial charge in [0.25, 0.3) is 0 Å². The number of benzene rings is 3. The van der Waals surface area contributed by atoms with E-state index in [1.54, 1.807) is 6.08 Å². The van der Waals surface area contributed by atoms with Crippen LogP contribution in [-0.2, 0) is 6.42 Å². The molecule has 0 radical (unpaired) electrons. The minimum Gasteiger partial charge on any atom is -0.296 e. The Balaban J connectivity index is 1.43. The zero-order valence-corrected chi connectivity index (χ0v) is 19.8. The highest BCUT2D eigenvalue weighted by molar-refractivity contribution is 7.19. The van der Waals surface area contributed by atoms with Crippen molar-refractivity contribution in [1.29, 1.82) is 0 Å². The average Bonchev–Trinajstić information content (AvgIpc) is 3.47. The Bertz CT molecular complexity index is 1400. The molecule has 3 aromatic carbocycles. The van der Waals surface area contributed by atoms with Gasteiger partial charge in [-0.25, -0.2) is 4.39 Å². The highest BCUT2D eigenvalue weighted by Crippen LogP contribution is 2.42. The van der Waals surface area contributed by atoms with Crippen LogP contribution in [0, 0.1) is 0 Å². The minimum absolute atomic E-state index is 0.183. The molecule has 1 aromatic heterocycles. The number of fused-ring (bicyclic) bond motifs is 3. The largest absolute Gasteiger partial charge is 0.296 e. The number of hydrogen-bond acceptors (Lipinski definition) is 2. The second-order valence-corrected chi connectivity index (χ2v) is 10.4. The third-order valence-corrected chi connectivity index (χ3v) is 8.61. The van der Waals surface area contributed by atoms with Gasteiger partial charge in [-0.05, 0) is 77.9 Å². The first kappa shape index (κ1) is 20.8. The molecule has 0 saturated carbocycles. The SMILES string of the molecule is CCc1sc2ccc(C=C(F)c3cccc4ccccc34)cc2c1C1=CCN2CCCC2C1. The van der Waals surface area contributed by atoms with E-state index in [2.05, 4.69) is 36.1 Å². The molecule has 1 nitrogen and oxygen atoms in total. The first-order valence-corrected chi connectivity index (χ1v) is 12.9. The van der Waals surface area contributed by atoms with Gasteiger partial charge in [0.1, 0.15) is 5.83 Å². The summed E-state index contributed by atoms with van der Waals surface area (Å²) >= 11 is 1.90. The van der Waals surface area contributed by atoms with Crippen LogP contribution in [0.5, 0.6) is 0 Å². The molecule has 0 amide bonds. The second kappa shape index (κ2) is 8.55. The van der Waals surface area contributed by atoms with Crippen LogP contribution >= 0.6 is 11.3 Å². The summed E-state index contributed by atoms with van der Waals surface area (Å²) < 4.78 is 16.8. The van der Waals surface area contributed by atoms with Crippen LogP contribution in [0.2, 0.25) is 0 Å². The van der Waals surface area contributed by atoms with Crippen molar-refractivity contribution < 1.29 is 4.39 Å². The molecule has 0 bridgehead atoms. The van der Waals surface area contributed by atoms with Crippen molar-refractivity contribution in [3.63, 3.8) is 0 Å². The summed E-state index contributed by atoms with van der Waals surface area (Å²) in [4.78, 5) is 4.08. The molecule has 3 heteroatoms. The van der Waals surface area contributed by atoms with Gasteiger partial charge in [0.15, 0.2) is 0 Å². The van der Waals surface area contributed by atoms with E-state index >= 15 is 4.39 Å². The van der Waals surface area contributed by atoms with Gasteiger partial charge >= 0.3 is 0 Å². The molecule has 1 fully saturated rings. The lowest BCUT2D eigenvalue weighted by Crippen LogP contribution is -2.32. The summed E-state index contributed by atoms with van der Waals surface area (Å²) in [7, 11) is 0. The molecule has 1 atom stereocenters. The molecule has 0 aliphatic carbocycles. The second-order valence-electron chi connectivity index (χ2n) is 9.25. The summed E-state index contributed by atoms with van der Waals surface area (Å²) in [6.45, 7) is 4.55. The minimum atomic E-state index is -0.183. The number of thiophene rings is 1. The Labute approximate surface area is 198 Å². The summed E-state index contributed by atoms with van der Waals surface area (Å²) in [5, 5.41) is 3.30. The molecule has 1 unspecified atom stereocenters. The monoisotopic (exact) mass is 453 g/mol. The van der Waals surface area contributed by atoms with Gasteiger partial charge < -0.3 is 0 Å². The highest BCUT2D eigenvalue weighted by atomic mass is 32.1. The van der Waals surface area contributed by atoms with Crippen molar-refractivity contribution >= 4 is 49.7 Å². The predicted octanol–water partition coefficient (Wildman–Crippen LogP) is 8.34. The van der Waals surface area contributed by atoms with Gasteiger partial charge in [-0.2, -0.15) is 0 Å². The number of aryl methyl sites for hydroxylation is 1. The molecule has 2 aliphatic rings. The lowest BCUT2D eigenvalue weighted by Gasteiger charge is -2.29. The molecule has 33 heavy (non-hydrogen) atoms. The molecular weight excluding hydrogens is 425 g/mol. The molecule has 4 aromatic rings. The van der Waals surface area contributed by atoms with E-state index in [0.717, 1.165) is 35.7 Å². The van der Waals surface area contributed by atoms with Crippen molar-refractivity contribution in [3.05, 3.63) is 88.3 Å². The Morgan fingerprint density at radius 3 is 2.88 bits per heavy atom. The predicted molar refractivity (Wildman–Crippen MR) is 141 cm³/mol. The van der Waals surface area contributed by atoms with Crippen LogP contribution in [0.4, 0.5) is 4.39 Å². The Kier molecular flexibility index (Phi) is 5.40. The first-order valence-electron chi connectivity index (χ1n) is 12.1. The fourth-order valence-corrected chi connectivity index (χ4v) is 6.81. The lowest BCUT2D eigenvalue weighted by molar-refractivity contribution is 0.275. The van der Waals surface area contributed by atoms with E-state index < -0.39 is 0 Å². The van der Waals surface area contributed by atoms with Crippen LogP contribution in [0.25, 0.3) is 38.3 Å². The zero-order chi connectivity index (χ0) is 22.4. The van der Waals surface area contributed by atoms with E-state index in [0.29, 0.717) is 11.6 Å². The normalized spacial score (nSPS) is 19.3. The zero-order valence-electron chi connectivity index (χ0n) is 19.0. The molecule has 166 valence electrons. The van der Waals surface area contributed by atoms with E-state index in [1.165, 1.54) is 45.5 Å². The number of nitrogens with zero attached hydrogens (tertiary/aromatic N) is 1. The van der Waals surface area contributed by atoms with Crippen LogP contribution < -0.4 is 0 Å². The number of hydrogen-bond donors (Lipinski definition) is 0. The van der Waals surface area contributed by atoms with E-state index in [1.807, 2.05) is 53.8 Å². The third kappa shape index (κ3) is 3.74. The summed E-state index contributed by atoms with van der Waals surface area (Å²) in [5.74, 6) is -0.183. The maximum Gasteiger partial charge on any atom is 0.131 e. The van der Waals surface area contributed by atoms with E-state index in [9.17, 15) is 0 Å². The van der Waals surface area contributed by atoms with Gasteiger partial charge in [-0.15, -0.1) is 11.3 Å². The van der Waals surface area contributed by atoms with Crippen molar-refractivity contribution in [1.82, 2.24) is 4.90 Å². The summed E-state index contributed by atoms with van der Waals surface area (Å²) in [5.41, 5.74) is 4.50. The molecule has 2 aliphatic heterocycles. The van der Waals surface area contributed by atoms with Crippen LogP contribution in [-0.4, -0.2) is 24.0 Å². The molecule has 6 rings (SSSR count). The van der Waals surface area contributed by atoms with Gasteiger partial charge in [0.2, 0.25) is 0 Å². The van der Waals surface area contributed by atoms with Crippen LogP contribution in [0.1, 0.15) is 47.8 Å². The fraction of sp³-hybridized carbons (Fsp3) is 0.267. The summed E-state index contributed by atoms with van der Waals surface area (Å²) in [6, 6.07) is 21.0. The highest BCUT2D eigenvalue weighted by Gasteiger charge is 2.29. The van der Waals surface area contributed by atoms with Gasteiger partial charge in [0, 0.05) is 33.1 Å². The lowest BCUT2D eigenvalue weighted by atomic mass is 9.91. The van der Waals surface area contributed by atoms with E-state index in [4.69, 9.17) is 0 Å². The molecule has 0 N–H and O–H groups in total. The van der Waals surface area contributed by atoms with E-state index in [-0.39, 0.29) is 5.83 Å². The Morgan fingerprint density at radius 2 is 1.97 bits per heavy atom. The van der Waals surface area contributed by atoms with Gasteiger partial charge in [0.05, 0.1) is 0 Å². The van der Waals surface area contributed by atoms with Crippen molar-refractivity contribution in [3.8, 4) is 0 Å². The smallest absolute Gasteiger partial charge is 0.131 e. The molecule has 3 heterocycles. The third-order valence-electron chi connectivity index (χ3n) is 7.29. The van der Waals surface area contributed by atoms with Gasteiger partial charge in [-0.3, -0.25) is 4.90 Å². The number of halogens is 1. The molecule has 0 spiro atoms. The van der Waals surface area contributed by atoms with Crippen molar-refractivity contribution in [2.45, 2.75) is 38.6 Å². The number of rotatable bonds is 4. The quantitative estimate of drug-likeness (QED) is 0.281. The average molecular weight is 454 g/mol. The maximum atomic E-state index is 15.5. The van der Waals surface area contributed by atoms with Crippen LogP contribution in [0.15, 0.2) is 66.7 Å². The fourth-order valence-electron chi connectivity index (χ4n) is 5.65. The topological polar surface area (TPSA) is 3.24 Å². The van der Waals surface area contributed by atoms with Gasteiger partial charge in [-0.1, -0.05) is 61.5 Å². The standard InChI is InChI=1S/C30H28FNS/c1-2-28-30(22-14-16-32-15-6-9-23(32)19-22)26-17-20(12-13-29(26)33-28)18-27(31)25-11-5-8-21-7-3-4-10-24(21)25/h3-5,7-8,10-14,17-18,23H,2,6,9,15-16,19H2,1H3. The maximum absolute atomic E-state index is 15.5. The molecule has 1 saturated heterocycles. The van der Waals surface area contributed by atoms with Crippen molar-refractivity contribution in [2.75, 3.05) is 13.1 Å². The molecular formula is C30H28FNS. The van der Waals surface area contributed by atoms with Crippen LogP contribution in [0.3, 0.4) is 0 Å². The van der Waals surface area contributed by atoms with Crippen molar-refractivity contribution in [2.24, 2.45) is 0 Å². The summed E-state index contributed by atoms with van der Waals surface area (Å²) in [6.07, 6.45) is 8.95. The first-order chi connectivity index (χ1) is 16.2. The Morgan fingerprint density at radius 1 is 1.09 bits per heavy atom.